The molecule has 6 heteroatoms. The van der Waals surface area contributed by atoms with E-state index in [9.17, 15) is 4.79 Å². The lowest BCUT2D eigenvalue weighted by molar-refractivity contribution is 0.251. The predicted octanol–water partition coefficient (Wildman–Crippen LogP) is 4.49. The van der Waals surface area contributed by atoms with Gasteiger partial charge in [-0.3, -0.25) is 0 Å². The van der Waals surface area contributed by atoms with E-state index in [2.05, 4.69) is 34.4 Å². The molecule has 0 aliphatic heterocycles. The van der Waals surface area contributed by atoms with Gasteiger partial charge in [0.1, 0.15) is 0 Å². The molecule has 0 radical (unpaired) electrons. The summed E-state index contributed by atoms with van der Waals surface area (Å²) in [5, 5.41) is 6.50. The van der Waals surface area contributed by atoms with Crippen molar-refractivity contribution in [1.29, 1.82) is 0 Å². The predicted molar refractivity (Wildman–Crippen MR) is 98.4 cm³/mol. The number of anilines is 1. The monoisotopic (exact) mass is 344 g/mol. The van der Waals surface area contributed by atoms with Gasteiger partial charge in [0.05, 0.1) is 0 Å². The Morgan fingerprint density at radius 2 is 2.00 bits per heavy atom. The molecule has 0 atom stereocenters. The quantitative estimate of drug-likeness (QED) is 0.573. The van der Waals surface area contributed by atoms with Crippen molar-refractivity contribution in [3.05, 3.63) is 42.2 Å². The number of rotatable bonds is 7. The number of aryl methyl sites for hydroxylation is 1. The van der Waals surface area contributed by atoms with Crippen molar-refractivity contribution in [3.8, 4) is 0 Å². The molecule has 0 aliphatic carbocycles. The van der Waals surface area contributed by atoms with Gasteiger partial charge < -0.3 is 10.6 Å². The van der Waals surface area contributed by atoms with E-state index >= 15 is 0 Å². The Kier molecular flexibility index (Phi) is 7.06. The first-order valence-corrected chi connectivity index (χ1v) is 8.96. The second-order valence-electron chi connectivity index (χ2n) is 6.03. The van der Waals surface area contributed by atoms with Gasteiger partial charge >= 0.3 is 6.03 Å². The number of nitrogens with zero attached hydrogens (tertiary/aromatic N) is 2. The molecule has 0 aliphatic rings. The Balaban J connectivity index is 1.86. The molecule has 0 unspecified atom stereocenters. The van der Waals surface area contributed by atoms with Gasteiger partial charge in [-0.2, -0.15) is 0 Å². The molecule has 2 aromatic rings. The zero-order chi connectivity index (χ0) is 17.4. The molecular weight excluding hydrogens is 320 g/mol. The third kappa shape index (κ3) is 6.20. The molecule has 0 bridgehead atoms. The van der Waals surface area contributed by atoms with E-state index in [1.807, 2.05) is 25.1 Å². The number of benzene rings is 1. The number of nitrogens with one attached hydrogen (secondary N) is 2. The minimum absolute atomic E-state index is 0.159. The van der Waals surface area contributed by atoms with Gasteiger partial charge in [-0.1, -0.05) is 13.8 Å². The Hall–Kier alpha value is -2.08. The summed E-state index contributed by atoms with van der Waals surface area (Å²) in [7, 11) is 0. The van der Waals surface area contributed by atoms with Crippen LogP contribution in [-0.4, -0.2) is 22.5 Å². The Morgan fingerprint density at radius 1 is 1.25 bits per heavy atom. The standard InChI is InChI=1S/C18H24N4OS/c1-13(2)6-4-9-19-17(23)22-16-8-7-15(12-14(16)3)24-18-20-10-5-11-21-18/h5,7-8,10-13H,4,6,9H2,1-3H3,(H2,19,22,23). The van der Waals surface area contributed by atoms with Gasteiger partial charge in [-0.05, 0) is 67.3 Å². The summed E-state index contributed by atoms with van der Waals surface area (Å²) in [4.78, 5) is 21.4. The summed E-state index contributed by atoms with van der Waals surface area (Å²) >= 11 is 1.50. The van der Waals surface area contributed by atoms with Crippen molar-refractivity contribution in [2.75, 3.05) is 11.9 Å². The van der Waals surface area contributed by atoms with Gasteiger partial charge in [0.2, 0.25) is 0 Å². The van der Waals surface area contributed by atoms with Crippen molar-refractivity contribution in [3.63, 3.8) is 0 Å². The summed E-state index contributed by atoms with van der Waals surface area (Å²) in [6.45, 7) is 7.04. The normalized spacial score (nSPS) is 10.7. The molecule has 1 aromatic heterocycles. The summed E-state index contributed by atoms with van der Waals surface area (Å²) in [6, 6.07) is 7.53. The summed E-state index contributed by atoms with van der Waals surface area (Å²) in [6.07, 6.45) is 5.56. The smallest absolute Gasteiger partial charge is 0.319 e. The van der Waals surface area contributed by atoms with E-state index in [1.54, 1.807) is 18.5 Å². The molecule has 0 saturated carbocycles. The largest absolute Gasteiger partial charge is 0.338 e. The number of hydrogen-bond donors (Lipinski definition) is 2. The summed E-state index contributed by atoms with van der Waals surface area (Å²) in [5.41, 5.74) is 1.82. The molecule has 24 heavy (non-hydrogen) atoms. The van der Waals surface area contributed by atoms with Crippen molar-refractivity contribution in [1.82, 2.24) is 15.3 Å². The fraction of sp³-hybridized carbons (Fsp3) is 0.389. The number of carbonyl (C=O) groups excluding carboxylic acids is 1. The van der Waals surface area contributed by atoms with Crippen molar-refractivity contribution >= 4 is 23.5 Å². The first-order chi connectivity index (χ1) is 11.5. The summed E-state index contributed by atoms with van der Waals surface area (Å²) < 4.78 is 0. The molecule has 2 rings (SSSR count). The van der Waals surface area contributed by atoms with E-state index in [0.29, 0.717) is 17.6 Å². The molecule has 0 saturated heterocycles. The third-order valence-electron chi connectivity index (χ3n) is 3.44. The fourth-order valence-electron chi connectivity index (χ4n) is 2.16. The van der Waals surface area contributed by atoms with Crippen molar-refractivity contribution in [2.24, 2.45) is 5.92 Å². The maximum atomic E-state index is 11.9. The van der Waals surface area contributed by atoms with Crippen molar-refractivity contribution in [2.45, 2.75) is 43.7 Å². The molecule has 128 valence electrons. The van der Waals surface area contributed by atoms with E-state index in [1.165, 1.54) is 11.8 Å². The van der Waals surface area contributed by atoms with Gasteiger partial charge in [-0.15, -0.1) is 0 Å². The Bertz CT molecular complexity index is 661. The highest BCUT2D eigenvalue weighted by atomic mass is 32.2. The molecule has 2 N–H and O–H groups in total. The molecule has 1 heterocycles. The Morgan fingerprint density at radius 3 is 2.67 bits per heavy atom. The molecule has 1 aromatic carbocycles. The first-order valence-electron chi connectivity index (χ1n) is 8.15. The van der Waals surface area contributed by atoms with Crippen LogP contribution in [0.2, 0.25) is 0 Å². The molecule has 0 spiro atoms. The van der Waals surface area contributed by atoms with E-state index in [0.717, 1.165) is 29.0 Å². The minimum Gasteiger partial charge on any atom is -0.338 e. The average molecular weight is 344 g/mol. The zero-order valence-electron chi connectivity index (χ0n) is 14.4. The second kappa shape index (κ2) is 9.27. The Labute approximate surface area is 147 Å². The highest BCUT2D eigenvalue weighted by molar-refractivity contribution is 7.99. The van der Waals surface area contributed by atoms with E-state index in [4.69, 9.17) is 0 Å². The number of carbonyl (C=O) groups is 1. The minimum atomic E-state index is -0.159. The highest BCUT2D eigenvalue weighted by Gasteiger charge is 2.06. The third-order valence-corrected chi connectivity index (χ3v) is 4.32. The maximum absolute atomic E-state index is 11.9. The highest BCUT2D eigenvalue weighted by Crippen LogP contribution is 2.27. The van der Waals surface area contributed by atoms with Crippen LogP contribution in [0.25, 0.3) is 0 Å². The topological polar surface area (TPSA) is 66.9 Å². The number of aromatic nitrogens is 2. The lowest BCUT2D eigenvalue weighted by Gasteiger charge is -2.11. The van der Waals surface area contributed by atoms with Crippen LogP contribution >= 0.6 is 11.8 Å². The maximum Gasteiger partial charge on any atom is 0.319 e. The van der Waals surface area contributed by atoms with Gasteiger partial charge in [0.15, 0.2) is 5.16 Å². The molecule has 0 fully saturated rings. The zero-order valence-corrected chi connectivity index (χ0v) is 15.2. The number of amides is 2. The van der Waals surface area contributed by atoms with Crippen LogP contribution in [0.1, 0.15) is 32.3 Å². The van der Waals surface area contributed by atoms with Crippen LogP contribution in [0.3, 0.4) is 0 Å². The van der Waals surface area contributed by atoms with Crippen LogP contribution in [0, 0.1) is 12.8 Å². The van der Waals surface area contributed by atoms with Gasteiger partial charge in [-0.25, -0.2) is 14.8 Å². The first kappa shape index (κ1) is 18.3. The number of urea groups is 1. The SMILES string of the molecule is Cc1cc(Sc2ncccn2)ccc1NC(=O)NCCCC(C)C. The van der Waals surface area contributed by atoms with Crippen LogP contribution in [0.4, 0.5) is 10.5 Å². The molecular formula is C18H24N4OS. The summed E-state index contributed by atoms with van der Waals surface area (Å²) in [5.74, 6) is 0.663. The fourth-order valence-corrected chi connectivity index (χ4v) is 2.97. The van der Waals surface area contributed by atoms with Crippen LogP contribution < -0.4 is 10.6 Å². The van der Waals surface area contributed by atoms with Crippen LogP contribution in [-0.2, 0) is 0 Å². The van der Waals surface area contributed by atoms with E-state index in [-0.39, 0.29) is 6.03 Å². The average Bonchev–Trinajstić information content (AvgIpc) is 2.55. The van der Waals surface area contributed by atoms with E-state index < -0.39 is 0 Å². The second-order valence-corrected chi connectivity index (χ2v) is 7.07. The molecule has 5 nitrogen and oxygen atoms in total. The lowest BCUT2D eigenvalue weighted by Crippen LogP contribution is -2.29. The van der Waals surface area contributed by atoms with Gasteiger partial charge in [0.25, 0.3) is 0 Å². The lowest BCUT2D eigenvalue weighted by atomic mass is 10.1. The molecule has 2 amide bonds. The van der Waals surface area contributed by atoms with Gasteiger partial charge in [0, 0.05) is 29.5 Å². The van der Waals surface area contributed by atoms with Crippen LogP contribution in [0.5, 0.6) is 0 Å². The van der Waals surface area contributed by atoms with Crippen molar-refractivity contribution < 1.29 is 4.79 Å². The number of hydrogen-bond acceptors (Lipinski definition) is 4. The van der Waals surface area contributed by atoms with Crippen LogP contribution in [0.15, 0.2) is 46.7 Å².